The molecule has 0 radical (unpaired) electrons. The minimum Gasteiger partial charge on any atom is -0.382 e. The predicted molar refractivity (Wildman–Crippen MR) is 51.9 cm³/mol. The molecular weight excluding hydrogens is 162 g/mol. The number of nitrogens with zero attached hydrogens (tertiary/aromatic N) is 2. The standard InChI is InChI=1S/C10H9N3/c11-10-6-9(7-12-13-10)8-4-2-1-3-5-8/h1-7H,(H2,11,13). The van der Waals surface area contributed by atoms with Gasteiger partial charge in [-0.15, -0.1) is 5.10 Å². The lowest BCUT2D eigenvalue weighted by Gasteiger charge is -1.99. The monoisotopic (exact) mass is 171 g/mol. The first-order chi connectivity index (χ1) is 6.36. The molecule has 0 aliphatic carbocycles. The fourth-order valence-corrected chi connectivity index (χ4v) is 1.17. The summed E-state index contributed by atoms with van der Waals surface area (Å²) in [6.45, 7) is 0. The molecule has 3 heteroatoms. The molecule has 0 fully saturated rings. The van der Waals surface area contributed by atoms with Crippen molar-refractivity contribution < 1.29 is 0 Å². The zero-order valence-corrected chi connectivity index (χ0v) is 7.01. The van der Waals surface area contributed by atoms with Crippen LogP contribution in [0.2, 0.25) is 0 Å². The molecule has 13 heavy (non-hydrogen) atoms. The molecule has 0 aliphatic heterocycles. The topological polar surface area (TPSA) is 51.8 Å². The molecular formula is C10H9N3. The Kier molecular flexibility index (Phi) is 1.92. The van der Waals surface area contributed by atoms with Crippen molar-refractivity contribution in [3.63, 3.8) is 0 Å². The van der Waals surface area contributed by atoms with Crippen molar-refractivity contribution in [3.05, 3.63) is 42.6 Å². The number of hydrogen-bond acceptors (Lipinski definition) is 3. The van der Waals surface area contributed by atoms with Crippen LogP contribution in [0.1, 0.15) is 0 Å². The first-order valence-electron chi connectivity index (χ1n) is 4.00. The number of anilines is 1. The molecule has 0 saturated carbocycles. The molecule has 0 atom stereocenters. The third-order valence-electron chi connectivity index (χ3n) is 1.78. The lowest BCUT2D eigenvalue weighted by Crippen LogP contribution is -1.92. The summed E-state index contributed by atoms with van der Waals surface area (Å²) in [4.78, 5) is 0. The lowest BCUT2D eigenvalue weighted by molar-refractivity contribution is 1.04. The average molecular weight is 171 g/mol. The average Bonchev–Trinajstić information content (AvgIpc) is 2.19. The van der Waals surface area contributed by atoms with Crippen LogP contribution in [0.3, 0.4) is 0 Å². The molecule has 2 N–H and O–H groups in total. The van der Waals surface area contributed by atoms with E-state index in [-0.39, 0.29) is 0 Å². The summed E-state index contributed by atoms with van der Waals surface area (Å²) >= 11 is 0. The van der Waals surface area contributed by atoms with E-state index >= 15 is 0 Å². The molecule has 1 heterocycles. The number of rotatable bonds is 1. The fraction of sp³-hybridized carbons (Fsp3) is 0. The van der Waals surface area contributed by atoms with Crippen LogP contribution in [0.4, 0.5) is 5.82 Å². The van der Waals surface area contributed by atoms with Crippen LogP contribution in [-0.2, 0) is 0 Å². The van der Waals surface area contributed by atoms with E-state index in [9.17, 15) is 0 Å². The van der Waals surface area contributed by atoms with Gasteiger partial charge in [-0.25, -0.2) is 0 Å². The second-order valence-corrected chi connectivity index (χ2v) is 2.74. The van der Waals surface area contributed by atoms with E-state index < -0.39 is 0 Å². The Morgan fingerprint density at radius 3 is 2.46 bits per heavy atom. The molecule has 0 bridgehead atoms. The van der Waals surface area contributed by atoms with Crippen LogP contribution in [0.5, 0.6) is 0 Å². The normalized spacial score (nSPS) is 9.85. The first kappa shape index (κ1) is 7.73. The number of benzene rings is 1. The summed E-state index contributed by atoms with van der Waals surface area (Å²) in [5, 5.41) is 7.48. The van der Waals surface area contributed by atoms with Crippen LogP contribution in [-0.4, -0.2) is 10.2 Å². The van der Waals surface area contributed by atoms with Gasteiger partial charge in [0.15, 0.2) is 0 Å². The highest BCUT2D eigenvalue weighted by atomic mass is 15.1. The van der Waals surface area contributed by atoms with Gasteiger partial charge < -0.3 is 5.73 Å². The lowest BCUT2D eigenvalue weighted by atomic mass is 10.1. The maximum absolute atomic E-state index is 5.52. The van der Waals surface area contributed by atoms with Crippen LogP contribution in [0, 0.1) is 0 Å². The Morgan fingerprint density at radius 2 is 1.77 bits per heavy atom. The van der Waals surface area contributed by atoms with Crippen molar-refractivity contribution in [2.45, 2.75) is 0 Å². The summed E-state index contributed by atoms with van der Waals surface area (Å²) in [5.74, 6) is 0.446. The van der Waals surface area contributed by atoms with Gasteiger partial charge in [-0.05, 0) is 11.6 Å². The SMILES string of the molecule is Nc1cc(-c2ccccc2)cnn1. The van der Waals surface area contributed by atoms with E-state index in [1.165, 1.54) is 0 Å². The van der Waals surface area contributed by atoms with E-state index in [2.05, 4.69) is 10.2 Å². The van der Waals surface area contributed by atoms with Gasteiger partial charge in [0.05, 0.1) is 6.20 Å². The Balaban J connectivity index is 2.48. The summed E-state index contributed by atoms with van der Waals surface area (Å²) in [7, 11) is 0. The third-order valence-corrected chi connectivity index (χ3v) is 1.78. The maximum Gasteiger partial charge on any atom is 0.146 e. The largest absolute Gasteiger partial charge is 0.382 e. The summed E-state index contributed by atoms with van der Waals surface area (Å²) in [5.41, 5.74) is 7.62. The van der Waals surface area contributed by atoms with Gasteiger partial charge in [0, 0.05) is 5.56 Å². The van der Waals surface area contributed by atoms with Gasteiger partial charge >= 0.3 is 0 Å². The minimum atomic E-state index is 0.446. The molecule has 0 amide bonds. The number of nitrogen functional groups attached to an aromatic ring is 1. The number of aromatic nitrogens is 2. The van der Waals surface area contributed by atoms with Crippen molar-refractivity contribution in [3.8, 4) is 11.1 Å². The Morgan fingerprint density at radius 1 is 1.00 bits per heavy atom. The maximum atomic E-state index is 5.52. The van der Waals surface area contributed by atoms with E-state index in [0.29, 0.717) is 5.82 Å². The molecule has 2 aromatic rings. The zero-order chi connectivity index (χ0) is 9.10. The molecule has 0 unspecified atom stereocenters. The number of hydrogen-bond donors (Lipinski definition) is 1. The molecule has 0 saturated heterocycles. The molecule has 2 rings (SSSR count). The summed E-state index contributed by atoms with van der Waals surface area (Å²) in [6, 6.07) is 11.8. The highest BCUT2D eigenvalue weighted by molar-refractivity contribution is 5.64. The minimum absolute atomic E-state index is 0.446. The van der Waals surface area contributed by atoms with E-state index in [4.69, 9.17) is 5.73 Å². The van der Waals surface area contributed by atoms with Crippen molar-refractivity contribution in [2.24, 2.45) is 0 Å². The molecule has 1 aromatic carbocycles. The van der Waals surface area contributed by atoms with Crippen molar-refractivity contribution >= 4 is 5.82 Å². The van der Waals surface area contributed by atoms with Gasteiger partial charge in [-0.3, -0.25) is 0 Å². The number of nitrogens with two attached hydrogens (primary N) is 1. The predicted octanol–water partition coefficient (Wildman–Crippen LogP) is 1.73. The van der Waals surface area contributed by atoms with E-state index in [1.807, 2.05) is 36.4 Å². The summed E-state index contributed by atoms with van der Waals surface area (Å²) < 4.78 is 0. The van der Waals surface area contributed by atoms with Crippen molar-refractivity contribution in [2.75, 3.05) is 5.73 Å². The smallest absolute Gasteiger partial charge is 0.146 e. The molecule has 0 aliphatic rings. The highest BCUT2D eigenvalue weighted by Crippen LogP contribution is 2.17. The van der Waals surface area contributed by atoms with Crippen LogP contribution < -0.4 is 5.73 Å². The molecule has 64 valence electrons. The molecule has 1 aromatic heterocycles. The Labute approximate surface area is 76.2 Å². The molecule has 0 spiro atoms. The van der Waals surface area contributed by atoms with Gasteiger partial charge in [0.1, 0.15) is 5.82 Å². The fourth-order valence-electron chi connectivity index (χ4n) is 1.17. The van der Waals surface area contributed by atoms with Crippen LogP contribution in [0.25, 0.3) is 11.1 Å². The van der Waals surface area contributed by atoms with Crippen molar-refractivity contribution in [1.29, 1.82) is 0 Å². The Bertz CT molecular complexity index is 398. The van der Waals surface area contributed by atoms with Crippen molar-refractivity contribution in [1.82, 2.24) is 10.2 Å². The third kappa shape index (κ3) is 1.64. The second-order valence-electron chi connectivity index (χ2n) is 2.74. The zero-order valence-electron chi connectivity index (χ0n) is 7.01. The van der Waals surface area contributed by atoms with Gasteiger partial charge in [-0.1, -0.05) is 30.3 Å². The van der Waals surface area contributed by atoms with Gasteiger partial charge in [-0.2, -0.15) is 5.10 Å². The highest BCUT2D eigenvalue weighted by Gasteiger charge is 1.96. The van der Waals surface area contributed by atoms with Crippen LogP contribution >= 0.6 is 0 Å². The second kappa shape index (κ2) is 3.23. The van der Waals surface area contributed by atoms with Crippen LogP contribution in [0.15, 0.2) is 42.6 Å². The summed E-state index contributed by atoms with van der Waals surface area (Å²) in [6.07, 6.45) is 1.70. The van der Waals surface area contributed by atoms with Gasteiger partial charge in [0.25, 0.3) is 0 Å². The first-order valence-corrected chi connectivity index (χ1v) is 4.00. The van der Waals surface area contributed by atoms with E-state index in [0.717, 1.165) is 11.1 Å². The van der Waals surface area contributed by atoms with E-state index in [1.54, 1.807) is 6.20 Å². The Hall–Kier alpha value is -1.90. The quantitative estimate of drug-likeness (QED) is 0.710. The van der Waals surface area contributed by atoms with Gasteiger partial charge in [0.2, 0.25) is 0 Å². The molecule has 3 nitrogen and oxygen atoms in total.